The second-order valence-corrected chi connectivity index (χ2v) is 9.01. The molecule has 0 aromatic heterocycles. The van der Waals surface area contributed by atoms with Gasteiger partial charge in [-0.15, -0.1) is 0 Å². The van der Waals surface area contributed by atoms with Gasteiger partial charge in [0.1, 0.15) is 5.76 Å². The van der Waals surface area contributed by atoms with Crippen LogP contribution in [-0.4, -0.2) is 8.32 Å². The van der Waals surface area contributed by atoms with E-state index in [1.165, 1.54) is 0 Å². The van der Waals surface area contributed by atoms with E-state index in [-0.39, 0.29) is 0 Å². The predicted octanol–water partition coefficient (Wildman–Crippen LogP) is 4.16. The molecular weight excluding hydrogens is 212 g/mol. The van der Waals surface area contributed by atoms with Gasteiger partial charge in [-0.3, -0.25) is 0 Å². The van der Waals surface area contributed by atoms with Crippen molar-refractivity contribution < 1.29 is 4.43 Å². The normalized spacial score (nSPS) is 11.1. The van der Waals surface area contributed by atoms with Crippen LogP contribution in [0.1, 0.15) is 5.56 Å². The minimum Gasteiger partial charge on any atom is -0.544 e. The lowest BCUT2D eigenvalue weighted by atomic mass is 10.2. The molecule has 0 atom stereocenters. The van der Waals surface area contributed by atoms with E-state index in [0.717, 1.165) is 5.56 Å². The molecule has 1 aromatic carbocycles. The molecule has 0 spiro atoms. The average Bonchev–Trinajstić information content (AvgIpc) is 2.01. The highest BCUT2D eigenvalue weighted by Crippen LogP contribution is 2.21. The lowest BCUT2D eigenvalue weighted by Gasteiger charge is -2.21. The number of halogens is 1. The number of hydrogen-bond donors (Lipinski definition) is 0. The fourth-order valence-corrected chi connectivity index (χ4v) is 2.14. The van der Waals surface area contributed by atoms with Crippen LogP contribution in [0.25, 0.3) is 5.76 Å². The topological polar surface area (TPSA) is 9.23 Å². The molecule has 0 saturated carbocycles. The van der Waals surface area contributed by atoms with Crippen LogP contribution >= 0.6 is 11.6 Å². The van der Waals surface area contributed by atoms with Crippen molar-refractivity contribution in [2.24, 2.45) is 0 Å². The average molecular weight is 227 g/mol. The van der Waals surface area contributed by atoms with Crippen molar-refractivity contribution in [1.82, 2.24) is 0 Å². The van der Waals surface area contributed by atoms with Crippen LogP contribution in [0.5, 0.6) is 0 Å². The molecule has 0 bridgehead atoms. The zero-order chi connectivity index (χ0) is 10.8. The van der Waals surface area contributed by atoms with Crippen molar-refractivity contribution in [3.05, 3.63) is 41.4 Å². The Labute approximate surface area is 91.5 Å². The summed E-state index contributed by atoms with van der Waals surface area (Å²) in [5, 5.41) is 0.711. The maximum absolute atomic E-state index is 5.87. The molecule has 76 valence electrons. The second kappa shape index (κ2) is 4.19. The van der Waals surface area contributed by atoms with Crippen molar-refractivity contribution in [2.75, 3.05) is 0 Å². The van der Waals surface area contributed by atoms with Crippen LogP contribution in [0.2, 0.25) is 24.7 Å². The first-order valence-electron chi connectivity index (χ1n) is 4.52. The number of benzene rings is 1. The Balaban J connectivity index is 2.80. The summed E-state index contributed by atoms with van der Waals surface area (Å²) in [5.41, 5.74) is 0.958. The molecule has 0 radical (unpaired) electrons. The molecule has 0 aliphatic rings. The maximum atomic E-state index is 5.87. The van der Waals surface area contributed by atoms with Gasteiger partial charge in [-0.05, 0) is 31.8 Å². The Morgan fingerprint density at radius 1 is 1.36 bits per heavy atom. The highest BCUT2D eigenvalue weighted by atomic mass is 35.5. The molecule has 0 fully saturated rings. The third kappa shape index (κ3) is 3.56. The van der Waals surface area contributed by atoms with E-state index < -0.39 is 8.32 Å². The van der Waals surface area contributed by atoms with E-state index in [4.69, 9.17) is 16.0 Å². The summed E-state index contributed by atoms with van der Waals surface area (Å²) in [4.78, 5) is 0. The quantitative estimate of drug-likeness (QED) is 0.556. The SMILES string of the molecule is C=C(O[Si](C)(C)C)c1cccc(Cl)c1. The third-order valence-corrected chi connectivity index (χ3v) is 2.67. The van der Waals surface area contributed by atoms with Gasteiger partial charge in [0.25, 0.3) is 0 Å². The summed E-state index contributed by atoms with van der Waals surface area (Å²) in [6.07, 6.45) is 0. The van der Waals surface area contributed by atoms with Gasteiger partial charge in [0, 0.05) is 10.6 Å². The van der Waals surface area contributed by atoms with Crippen LogP contribution in [0.4, 0.5) is 0 Å². The highest BCUT2D eigenvalue weighted by molar-refractivity contribution is 6.70. The first-order chi connectivity index (χ1) is 6.38. The summed E-state index contributed by atoms with van der Waals surface area (Å²) in [6.45, 7) is 10.3. The third-order valence-electron chi connectivity index (χ3n) is 1.58. The van der Waals surface area contributed by atoms with Crippen LogP contribution < -0.4 is 0 Å². The molecule has 0 aliphatic carbocycles. The van der Waals surface area contributed by atoms with Crippen molar-refractivity contribution in [3.8, 4) is 0 Å². The fraction of sp³-hybridized carbons (Fsp3) is 0.273. The van der Waals surface area contributed by atoms with E-state index >= 15 is 0 Å². The minimum absolute atomic E-state index is 0.711. The summed E-state index contributed by atoms with van der Waals surface area (Å²) < 4.78 is 5.76. The van der Waals surface area contributed by atoms with Gasteiger partial charge in [-0.25, -0.2) is 0 Å². The van der Waals surface area contributed by atoms with E-state index in [2.05, 4.69) is 26.2 Å². The zero-order valence-electron chi connectivity index (χ0n) is 8.80. The molecule has 1 rings (SSSR count). The predicted molar refractivity (Wildman–Crippen MR) is 64.9 cm³/mol. The van der Waals surface area contributed by atoms with Gasteiger partial charge in [0.15, 0.2) is 0 Å². The molecule has 0 amide bonds. The van der Waals surface area contributed by atoms with Crippen molar-refractivity contribution in [3.63, 3.8) is 0 Å². The fourth-order valence-electron chi connectivity index (χ4n) is 1.09. The van der Waals surface area contributed by atoms with Crippen molar-refractivity contribution in [2.45, 2.75) is 19.6 Å². The Kier molecular flexibility index (Phi) is 3.40. The standard InChI is InChI=1S/C11H15ClOSi/c1-9(13-14(2,3)4)10-6-5-7-11(12)8-10/h5-8H,1H2,2-4H3. The second-order valence-electron chi connectivity index (χ2n) is 4.15. The van der Waals surface area contributed by atoms with Gasteiger partial charge < -0.3 is 4.43 Å². The van der Waals surface area contributed by atoms with Crippen molar-refractivity contribution >= 4 is 25.7 Å². The molecule has 1 nitrogen and oxygen atoms in total. The molecule has 0 unspecified atom stereocenters. The molecular formula is C11H15ClOSi. The lowest BCUT2D eigenvalue weighted by molar-refractivity contribution is 0.516. The van der Waals surface area contributed by atoms with Gasteiger partial charge in [-0.2, -0.15) is 0 Å². The van der Waals surface area contributed by atoms with E-state index in [9.17, 15) is 0 Å². The lowest BCUT2D eigenvalue weighted by Crippen LogP contribution is -2.24. The Bertz CT molecular complexity index is 341. The maximum Gasteiger partial charge on any atom is 0.242 e. The first kappa shape index (κ1) is 11.3. The van der Waals surface area contributed by atoms with Crippen LogP contribution in [0.3, 0.4) is 0 Å². The number of rotatable bonds is 3. The first-order valence-corrected chi connectivity index (χ1v) is 8.31. The van der Waals surface area contributed by atoms with E-state index in [1.54, 1.807) is 0 Å². The summed E-state index contributed by atoms with van der Waals surface area (Å²) in [5.74, 6) is 0.715. The molecule has 0 heterocycles. The van der Waals surface area contributed by atoms with Gasteiger partial charge in [0.05, 0.1) is 0 Å². The van der Waals surface area contributed by atoms with E-state index in [1.807, 2.05) is 24.3 Å². The Morgan fingerprint density at radius 2 is 2.00 bits per heavy atom. The van der Waals surface area contributed by atoms with Crippen LogP contribution in [-0.2, 0) is 4.43 Å². The molecule has 1 aromatic rings. The van der Waals surface area contributed by atoms with Gasteiger partial charge in [0.2, 0.25) is 8.32 Å². The monoisotopic (exact) mass is 226 g/mol. The Hall–Kier alpha value is -0.733. The molecule has 0 saturated heterocycles. The number of hydrogen-bond acceptors (Lipinski definition) is 1. The largest absolute Gasteiger partial charge is 0.544 e. The highest BCUT2D eigenvalue weighted by Gasteiger charge is 2.17. The summed E-state index contributed by atoms with van der Waals surface area (Å²) in [6, 6.07) is 7.56. The van der Waals surface area contributed by atoms with Crippen molar-refractivity contribution in [1.29, 1.82) is 0 Å². The van der Waals surface area contributed by atoms with Crippen LogP contribution in [0, 0.1) is 0 Å². The minimum atomic E-state index is -1.56. The van der Waals surface area contributed by atoms with Gasteiger partial charge in [-0.1, -0.05) is 30.3 Å². The Morgan fingerprint density at radius 3 is 2.50 bits per heavy atom. The molecule has 3 heteroatoms. The molecule has 14 heavy (non-hydrogen) atoms. The smallest absolute Gasteiger partial charge is 0.242 e. The zero-order valence-corrected chi connectivity index (χ0v) is 10.6. The summed E-state index contributed by atoms with van der Waals surface area (Å²) >= 11 is 5.87. The molecule has 0 aliphatic heterocycles. The van der Waals surface area contributed by atoms with Crippen LogP contribution in [0.15, 0.2) is 30.8 Å². The van der Waals surface area contributed by atoms with Gasteiger partial charge >= 0.3 is 0 Å². The van der Waals surface area contributed by atoms with E-state index in [0.29, 0.717) is 10.8 Å². The molecule has 0 N–H and O–H groups in total. The summed E-state index contributed by atoms with van der Waals surface area (Å²) in [7, 11) is -1.56.